The van der Waals surface area contributed by atoms with Crippen LogP contribution < -0.4 is 5.32 Å². The molecule has 0 unspecified atom stereocenters. The molecular formula is C18H18FN5O2. The zero-order chi connectivity index (χ0) is 18.5. The van der Waals surface area contributed by atoms with Crippen LogP contribution in [0.15, 0.2) is 47.2 Å². The van der Waals surface area contributed by atoms with Crippen LogP contribution in [0.2, 0.25) is 0 Å². The number of carbonyl (C=O) groups excluding carboxylic acids is 1. The average molecular weight is 355 g/mol. The molecule has 1 N–H and O–H groups in total. The first kappa shape index (κ1) is 17.7. The van der Waals surface area contributed by atoms with E-state index in [-0.39, 0.29) is 18.1 Å². The molecule has 2 aromatic heterocycles. The molecule has 0 bridgehead atoms. The highest BCUT2D eigenvalue weighted by Gasteiger charge is 2.14. The van der Waals surface area contributed by atoms with Crippen molar-refractivity contribution < 1.29 is 13.7 Å². The van der Waals surface area contributed by atoms with Crippen molar-refractivity contribution in [3.8, 4) is 11.4 Å². The van der Waals surface area contributed by atoms with Gasteiger partial charge in [0.25, 0.3) is 0 Å². The predicted molar refractivity (Wildman–Crippen MR) is 93.6 cm³/mol. The lowest BCUT2D eigenvalue weighted by molar-refractivity contribution is -0.117. The van der Waals surface area contributed by atoms with Gasteiger partial charge in [-0.3, -0.25) is 14.7 Å². The molecule has 0 aliphatic carbocycles. The van der Waals surface area contributed by atoms with Gasteiger partial charge in [-0.15, -0.1) is 0 Å². The van der Waals surface area contributed by atoms with Crippen LogP contribution in [0.3, 0.4) is 0 Å². The molecule has 0 aliphatic rings. The molecule has 1 amide bonds. The zero-order valence-corrected chi connectivity index (χ0v) is 14.4. The van der Waals surface area contributed by atoms with Crippen molar-refractivity contribution in [2.24, 2.45) is 0 Å². The lowest BCUT2D eigenvalue weighted by atomic mass is 10.2. The Morgan fingerprint density at radius 1 is 1.27 bits per heavy atom. The average Bonchev–Trinajstić information content (AvgIpc) is 3.07. The third-order valence-corrected chi connectivity index (χ3v) is 3.62. The van der Waals surface area contributed by atoms with Gasteiger partial charge in [-0.05, 0) is 43.8 Å². The number of hydrogen-bond acceptors (Lipinski definition) is 6. The minimum Gasteiger partial charge on any atom is -0.338 e. The van der Waals surface area contributed by atoms with E-state index in [0.29, 0.717) is 18.3 Å². The van der Waals surface area contributed by atoms with E-state index < -0.39 is 5.82 Å². The number of pyridine rings is 1. The quantitative estimate of drug-likeness (QED) is 0.732. The van der Waals surface area contributed by atoms with Crippen LogP contribution in [0.25, 0.3) is 11.4 Å². The second-order valence-corrected chi connectivity index (χ2v) is 5.95. The van der Waals surface area contributed by atoms with Gasteiger partial charge in [0.15, 0.2) is 0 Å². The maximum atomic E-state index is 13.7. The summed E-state index contributed by atoms with van der Waals surface area (Å²) in [5, 5.41) is 6.49. The second kappa shape index (κ2) is 7.83. The number of nitrogens with zero attached hydrogens (tertiary/aromatic N) is 4. The third-order valence-electron chi connectivity index (χ3n) is 3.62. The summed E-state index contributed by atoms with van der Waals surface area (Å²) in [5.41, 5.74) is 1.83. The van der Waals surface area contributed by atoms with Crippen molar-refractivity contribution in [1.82, 2.24) is 20.0 Å². The van der Waals surface area contributed by atoms with Gasteiger partial charge >= 0.3 is 0 Å². The first-order chi connectivity index (χ1) is 12.5. The van der Waals surface area contributed by atoms with Crippen LogP contribution >= 0.6 is 0 Å². The minimum absolute atomic E-state index is 0.0559. The summed E-state index contributed by atoms with van der Waals surface area (Å²) in [6.07, 6.45) is 3.29. The Morgan fingerprint density at radius 2 is 2.04 bits per heavy atom. The van der Waals surface area contributed by atoms with Gasteiger partial charge in [0.2, 0.25) is 17.6 Å². The van der Waals surface area contributed by atoms with Crippen LogP contribution in [-0.4, -0.2) is 39.5 Å². The zero-order valence-electron chi connectivity index (χ0n) is 14.4. The Labute approximate surface area is 149 Å². The molecule has 3 rings (SSSR count). The molecule has 7 nitrogen and oxygen atoms in total. The number of benzene rings is 1. The molecule has 2 heterocycles. The molecule has 0 saturated carbocycles. The van der Waals surface area contributed by atoms with Gasteiger partial charge in [-0.2, -0.15) is 4.98 Å². The van der Waals surface area contributed by atoms with Crippen LogP contribution in [0, 0.1) is 12.7 Å². The highest BCUT2D eigenvalue weighted by atomic mass is 19.1. The van der Waals surface area contributed by atoms with Crippen LogP contribution in [0.5, 0.6) is 0 Å². The van der Waals surface area contributed by atoms with Crippen LogP contribution in [0.1, 0.15) is 11.5 Å². The van der Waals surface area contributed by atoms with E-state index in [9.17, 15) is 9.18 Å². The number of amides is 1. The van der Waals surface area contributed by atoms with E-state index in [0.717, 1.165) is 11.1 Å². The summed E-state index contributed by atoms with van der Waals surface area (Å²) in [5.74, 6) is 0.0484. The third kappa shape index (κ3) is 4.48. The number of halogens is 1. The molecule has 134 valence electrons. The summed E-state index contributed by atoms with van der Waals surface area (Å²) < 4.78 is 18.9. The minimum atomic E-state index is -0.467. The number of nitrogens with one attached hydrogen (secondary N) is 1. The van der Waals surface area contributed by atoms with Gasteiger partial charge in [0, 0.05) is 18.0 Å². The van der Waals surface area contributed by atoms with Crippen molar-refractivity contribution in [2.45, 2.75) is 13.5 Å². The van der Waals surface area contributed by atoms with Gasteiger partial charge in [0.05, 0.1) is 18.8 Å². The molecule has 26 heavy (non-hydrogen) atoms. The van der Waals surface area contributed by atoms with Crippen molar-refractivity contribution >= 4 is 11.6 Å². The van der Waals surface area contributed by atoms with Crippen molar-refractivity contribution in [1.29, 1.82) is 0 Å². The molecule has 0 saturated heterocycles. The molecule has 0 spiro atoms. The molecule has 0 atom stereocenters. The van der Waals surface area contributed by atoms with E-state index in [4.69, 9.17) is 4.52 Å². The Bertz CT molecular complexity index is 898. The van der Waals surface area contributed by atoms with Crippen molar-refractivity contribution in [3.05, 3.63) is 60.0 Å². The number of hydrogen-bond donors (Lipinski definition) is 1. The lowest BCUT2D eigenvalue weighted by Crippen LogP contribution is -2.30. The topological polar surface area (TPSA) is 84.2 Å². The van der Waals surface area contributed by atoms with E-state index in [1.807, 2.05) is 6.92 Å². The maximum absolute atomic E-state index is 13.7. The monoisotopic (exact) mass is 355 g/mol. The summed E-state index contributed by atoms with van der Waals surface area (Å²) in [7, 11) is 1.74. The Hall–Kier alpha value is -3.13. The Balaban J connectivity index is 1.57. The number of carbonyl (C=O) groups is 1. The number of anilines is 1. The Kier molecular flexibility index (Phi) is 5.33. The molecule has 0 aliphatic heterocycles. The fourth-order valence-electron chi connectivity index (χ4n) is 2.39. The predicted octanol–water partition coefficient (Wildman–Crippen LogP) is 2.65. The molecule has 1 aromatic carbocycles. The first-order valence-electron chi connectivity index (χ1n) is 7.99. The number of aryl methyl sites for hydroxylation is 1. The summed E-state index contributed by atoms with van der Waals surface area (Å²) in [4.78, 5) is 22.0. The summed E-state index contributed by atoms with van der Waals surface area (Å²) >= 11 is 0. The SMILES string of the molecule is Cc1ccc(F)c(NC(=O)CN(C)Cc2nc(-c3ccncc3)no2)c1. The molecule has 8 heteroatoms. The van der Waals surface area contributed by atoms with E-state index >= 15 is 0 Å². The maximum Gasteiger partial charge on any atom is 0.241 e. The van der Waals surface area contributed by atoms with Crippen molar-refractivity contribution in [3.63, 3.8) is 0 Å². The smallest absolute Gasteiger partial charge is 0.241 e. The van der Waals surface area contributed by atoms with E-state index in [1.54, 1.807) is 48.6 Å². The van der Waals surface area contributed by atoms with Crippen molar-refractivity contribution in [2.75, 3.05) is 18.9 Å². The number of rotatable bonds is 6. The molecular weight excluding hydrogens is 337 g/mol. The lowest BCUT2D eigenvalue weighted by Gasteiger charge is -2.14. The van der Waals surface area contributed by atoms with E-state index in [2.05, 4.69) is 20.4 Å². The number of likely N-dealkylation sites (N-methyl/N-ethyl adjacent to an activating group) is 1. The second-order valence-electron chi connectivity index (χ2n) is 5.95. The van der Waals surface area contributed by atoms with Gasteiger partial charge in [-0.25, -0.2) is 4.39 Å². The van der Waals surface area contributed by atoms with E-state index in [1.165, 1.54) is 6.07 Å². The highest BCUT2D eigenvalue weighted by Crippen LogP contribution is 2.16. The largest absolute Gasteiger partial charge is 0.338 e. The fraction of sp³-hybridized carbons (Fsp3) is 0.222. The fourth-order valence-corrected chi connectivity index (χ4v) is 2.39. The molecule has 3 aromatic rings. The summed E-state index contributed by atoms with van der Waals surface area (Å²) in [6.45, 7) is 2.18. The Morgan fingerprint density at radius 3 is 2.81 bits per heavy atom. The summed E-state index contributed by atoms with van der Waals surface area (Å²) in [6, 6.07) is 8.12. The standard InChI is InChI=1S/C18H18FN5O2/c1-12-3-4-14(19)15(9-12)21-16(25)10-24(2)11-17-22-18(23-26-17)13-5-7-20-8-6-13/h3-9H,10-11H2,1-2H3,(H,21,25). The van der Waals surface area contributed by atoms with Crippen LogP contribution in [0.4, 0.5) is 10.1 Å². The highest BCUT2D eigenvalue weighted by molar-refractivity contribution is 5.92. The molecule has 0 radical (unpaired) electrons. The van der Waals surface area contributed by atoms with Gasteiger partial charge in [0.1, 0.15) is 5.82 Å². The first-order valence-corrected chi connectivity index (χ1v) is 7.99. The normalized spacial score (nSPS) is 10.9. The molecule has 0 fully saturated rings. The van der Waals surface area contributed by atoms with Gasteiger partial charge in [-0.1, -0.05) is 11.2 Å². The van der Waals surface area contributed by atoms with Crippen LogP contribution in [-0.2, 0) is 11.3 Å². The van der Waals surface area contributed by atoms with Gasteiger partial charge < -0.3 is 9.84 Å². The number of aromatic nitrogens is 3.